The van der Waals surface area contributed by atoms with Crippen LogP contribution in [-0.2, 0) is 10.5 Å². The molecule has 0 atom stereocenters. The van der Waals surface area contributed by atoms with Gasteiger partial charge in [0.15, 0.2) is 9.47 Å². The lowest BCUT2D eigenvalue weighted by Crippen LogP contribution is -2.22. The van der Waals surface area contributed by atoms with Gasteiger partial charge in [0.25, 0.3) is 0 Å². The maximum atomic E-state index is 12.1. The minimum absolute atomic E-state index is 0.0512. The van der Waals surface area contributed by atoms with Crippen molar-refractivity contribution in [1.29, 1.82) is 0 Å². The standard InChI is InChI=1S/C17H17N5OS3/c1-11(23)22(14-5-3-2-4-6-14)16-19-13(9-24-16)10-25-17-21-20-15(26-17)18-12-7-8-12/h2-6,9,12H,7-8,10H2,1H3,(H,18,20). The van der Waals surface area contributed by atoms with Crippen LogP contribution in [-0.4, -0.2) is 27.1 Å². The number of anilines is 3. The predicted molar refractivity (Wildman–Crippen MR) is 107 cm³/mol. The maximum Gasteiger partial charge on any atom is 0.230 e. The maximum absolute atomic E-state index is 12.1. The van der Waals surface area contributed by atoms with Gasteiger partial charge in [0.2, 0.25) is 11.0 Å². The second-order valence-corrected chi connectivity index (χ2v) is 8.93. The highest BCUT2D eigenvalue weighted by molar-refractivity contribution is 8.00. The summed E-state index contributed by atoms with van der Waals surface area (Å²) in [5.41, 5.74) is 1.76. The number of hydrogen-bond acceptors (Lipinski definition) is 8. The van der Waals surface area contributed by atoms with Gasteiger partial charge in [0, 0.05) is 24.1 Å². The molecule has 0 saturated heterocycles. The van der Waals surface area contributed by atoms with Crippen molar-refractivity contribution < 1.29 is 4.79 Å². The SMILES string of the molecule is CC(=O)N(c1ccccc1)c1nc(CSc2nnc(NC3CC3)s2)cs1. The highest BCUT2D eigenvalue weighted by Crippen LogP contribution is 2.33. The van der Waals surface area contributed by atoms with E-state index >= 15 is 0 Å². The first-order valence-corrected chi connectivity index (χ1v) is 10.9. The third kappa shape index (κ3) is 4.22. The number of amides is 1. The molecule has 1 aliphatic rings. The van der Waals surface area contributed by atoms with Gasteiger partial charge in [-0.2, -0.15) is 0 Å². The van der Waals surface area contributed by atoms with E-state index in [1.807, 2.05) is 35.7 Å². The molecule has 1 aliphatic carbocycles. The van der Waals surface area contributed by atoms with Crippen molar-refractivity contribution in [3.63, 3.8) is 0 Å². The van der Waals surface area contributed by atoms with E-state index in [9.17, 15) is 4.79 Å². The summed E-state index contributed by atoms with van der Waals surface area (Å²) in [6.07, 6.45) is 2.44. The van der Waals surface area contributed by atoms with E-state index in [1.54, 1.807) is 34.9 Å². The van der Waals surface area contributed by atoms with E-state index in [4.69, 9.17) is 0 Å². The topological polar surface area (TPSA) is 71.0 Å². The van der Waals surface area contributed by atoms with E-state index < -0.39 is 0 Å². The summed E-state index contributed by atoms with van der Waals surface area (Å²) in [7, 11) is 0. The van der Waals surface area contributed by atoms with Crippen LogP contribution in [0.25, 0.3) is 0 Å². The minimum Gasteiger partial charge on any atom is -0.357 e. The first-order valence-electron chi connectivity index (χ1n) is 8.22. The number of nitrogens with zero attached hydrogens (tertiary/aromatic N) is 4. The third-order valence-corrected chi connectivity index (χ3v) is 6.61. The number of rotatable bonds is 7. The van der Waals surface area contributed by atoms with Crippen molar-refractivity contribution in [2.24, 2.45) is 0 Å². The van der Waals surface area contributed by atoms with Gasteiger partial charge in [-0.3, -0.25) is 9.69 Å². The van der Waals surface area contributed by atoms with E-state index in [0.717, 1.165) is 20.9 Å². The molecule has 6 nitrogen and oxygen atoms in total. The predicted octanol–water partition coefficient (Wildman–Crippen LogP) is 4.55. The lowest BCUT2D eigenvalue weighted by Gasteiger charge is -2.17. The van der Waals surface area contributed by atoms with Crippen molar-refractivity contribution in [2.45, 2.75) is 35.9 Å². The van der Waals surface area contributed by atoms with Crippen LogP contribution in [0.4, 0.5) is 16.0 Å². The Kier molecular flexibility index (Phi) is 5.18. The molecule has 9 heteroatoms. The van der Waals surface area contributed by atoms with Gasteiger partial charge in [-0.25, -0.2) is 4.98 Å². The van der Waals surface area contributed by atoms with Crippen molar-refractivity contribution >= 4 is 56.3 Å². The molecule has 1 N–H and O–H groups in total. The van der Waals surface area contributed by atoms with Crippen LogP contribution in [0.5, 0.6) is 0 Å². The molecule has 0 aliphatic heterocycles. The molecular weight excluding hydrogens is 386 g/mol. The van der Waals surface area contributed by atoms with Gasteiger partial charge in [-0.1, -0.05) is 41.3 Å². The van der Waals surface area contributed by atoms with Gasteiger partial charge < -0.3 is 5.32 Å². The zero-order valence-corrected chi connectivity index (χ0v) is 16.5. The van der Waals surface area contributed by atoms with Crippen LogP contribution in [0.15, 0.2) is 40.1 Å². The normalized spacial score (nSPS) is 13.6. The van der Waals surface area contributed by atoms with Gasteiger partial charge >= 0.3 is 0 Å². The van der Waals surface area contributed by atoms with Gasteiger partial charge in [-0.15, -0.1) is 21.5 Å². The number of carbonyl (C=O) groups is 1. The van der Waals surface area contributed by atoms with Crippen LogP contribution in [0, 0.1) is 0 Å². The zero-order chi connectivity index (χ0) is 17.9. The van der Waals surface area contributed by atoms with Crippen LogP contribution in [0.2, 0.25) is 0 Å². The molecule has 2 heterocycles. The fourth-order valence-electron chi connectivity index (χ4n) is 2.33. The summed E-state index contributed by atoms with van der Waals surface area (Å²) >= 11 is 4.67. The Morgan fingerprint density at radius 3 is 2.85 bits per heavy atom. The van der Waals surface area contributed by atoms with Crippen LogP contribution in [0.3, 0.4) is 0 Å². The molecule has 1 aromatic carbocycles. The minimum atomic E-state index is -0.0512. The molecule has 4 rings (SSSR count). The smallest absolute Gasteiger partial charge is 0.230 e. The summed E-state index contributed by atoms with van der Waals surface area (Å²) in [5, 5.41) is 15.3. The summed E-state index contributed by atoms with van der Waals surface area (Å²) in [6, 6.07) is 10.2. The largest absolute Gasteiger partial charge is 0.357 e. The average molecular weight is 404 g/mol. The Morgan fingerprint density at radius 1 is 1.31 bits per heavy atom. The Hall–Kier alpha value is -1.97. The summed E-state index contributed by atoms with van der Waals surface area (Å²) in [6.45, 7) is 1.55. The van der Waals surface area contributed by atoms with Crippen molar-refractivity contribution in [1.82, 2.24) is 15.2 Å². The number of para-hydroxylation sites is 1. The molecule has 1 amide bonds. The quantitative estimate of drug-likeness (QED) is 0.584. The fraction of sp³-hybridized carbons (Fsp3) is 0.294. The third-order valence-electron chi connectivity index (χ3n) is 3.72. The number of carbonyl (C=O) groups excluding carboxylic acids is 1. The van der Waals surface area contributed by atoms with E-state index in [2.05, 4.69) is 20.5 Å². The number of aromatic nitrogens is 3. The first kappa shape index (κ1) is 17.4. The Balaban J connectivity index is 1.42. The van der Waals surface area contributed by atoms with Crippen LogP contribution in [0.1, 0.15) is 25.5 Å². The number of hydrogen-bond donors (Lipinski definition) is 1. The van der Waals surface area contributed by atoms with E-state index in [-0.39, 0.29) is 5.91 Å². The van der Waals surface area contributed by atoms with Gasteiger partial charge in [-0.05, 0) is 25.0 Å². The highest BCUT2D eigenvalue weighted by Gasteiger charge is 2.22. The fourth-order valence-corrected chi connectivity index (χ4v) is 5.05. The molecule has 2 aromatic heterocycles. The average Bonchev–Trinajstić information content (AvgIpc) is 3.14. The van der Waals surface area contributed by atoms with Crippen LogP contribution >= 0.6 is 34.4 Å². The molecule has 26 heavy (non-hydrogen) atoms. The molecular formula is C17H17N5OS3. The molecule has 0 bridgehead atoms. The molecule has 134 valence electrons. The van der Waals surface area contributed by atoms with E-state index in [1.165, 1.54) is 24.2 Å². The monoisotopic (exact) mass is 403 g/mol. The summed E-state index contributed by atoms with van der Waals surface area (Å²) in [4.78, 5) is 18.4. The Labute approximate surface area is 163 Å². The Morgan fingerprint density at radius 2 is 2.12 bits per heavy atom. The molecule has 1 saturated carbocycles. The van der Waals surface area contributed by atoms with E-state index in [0.29, 0.717) is 16.9 Å². The van der Waals surface area contributed by atoms with Crippen LogP contribution < -0.4 is 10.2 Å². The summed E-state index contributed by atoms with van der Waals surface area (Å²) in [5.74, 6) is 0.652. The molecule has 0 unspecified atom stereocenters. The number of nitrogens with one attached hydrogen (secondary N) is 1. The number of thiazole rings is 1. The number of benzene rings is 1. The molecule has 1 fully saturated rings. The van der Waals surface area contributed by atoms with Gasteiger partial charge in [0.05, 0.1) is 11.4 Å². The van der Waals surface area contributed by atoms with Crippen molar-refractivity contribution in [3.05, 3.63) is 41.4 Å². The highest BCUT2D eigenvalue weighted by atomic mass is 32.2. The van der Waals surface area contributed by atoms with Crippen molar-refractivity contribution in [2.75, 3.05) is 10.2 Å². The first-order chi connectivity index (χ1) is 12.7. The zero-order valence-electron chi connectivity index (χ0n) is 14.1. The number of thioether (sulfide) groups is 1. The lowest BCUT2D eigenvalue weighted by molar-refractivity contribution is -0.115. The Bertz CT molecular complexity index is 891. The lowest BCUT2D eigenvalue weighted by atomic mass is 10.3. The molecule has 0 radical (unpaired) electrons. The van der Waals surface area contributed by atoms with Crippen molar-refractivity contribution in [3.8, 4) is 0 Å². The van der Waals surface area contributed by atoms with Gasteiger partial charge in [0.1, 0.15) is 0 Å². The second-order valence-electron chi connectivity index (χ2n) is 5.89. The summed E-state index contributed by atoms with van der Waals surface area (Å²) < 4.78 is 0.925. The second kappa shape index (κ2) is 7.73. The molecule has 0 spiro atoms. The molecule has 3 aromatic rings.